The van der Waals surface area contributed by atoms with Gasteiger partial charge in [0.2, 0.25) is 5.91 Å². The molecule has 0 heterocycles. The van der Waals surface area contributed by atoms with Crippen LogP contribution in [0.1, 0.15) is 23.5 Å². The minimum absolute atomic E-state index is 0.0276. The van der Waals surface area contributed by atoms with Crippen molar-refractivity contribution in [3.05, 3.63) is 65.7 Å². The van der Waals surface area contributed by atoms with Crippen molar-refractivity contribution < 1.29 is 24.2 Å². The van der Waals surface area contributed by atoms with Crippen LogP contribution < -0.4 is 10.1 Å². The van der Waals surface area contributed by atoms with Crippen LogP contribution in [0.3, 0.4) is 0 Å². The number of nitrogens with one attached hydrogen (secondary N) is 1. The van der Waals surface area contributed by atoms with Crippen molar-refractivity contribution in [1.82, 2.24) is 5.32 Å². The zero-order valence-corrected chi connectivity index (χ0v) is 15.1. The Bertz CT molecular complexity index is 775. The Labute approximate surface area is 158 Å². The van der Waals surface area contributed by atoms with Gasteiger partial charge in [-0.2, -0.15) is 0 Å². The van der Waals surface area contributed by atoms with Crippen LogP contribution in [0.25, 0.3) is 0 Å². The van der Waals surface area contributed by atoms with Crippen LogP contribution in [0.4, 0.5) is 0 Å². The van der Waals surface area contributed by atoms with Gasteiger partial charge in [0, 0.05) is 13.0 Å². The lowest BCUT2D eigenvalue weighted by Crippen LogP contribution is -2.38. The highest BCUT2D eigenvalue weighted by atomic mass is 16.5. The number of ether oxygens (including phenoxy) is 2. The average molecular weight is 369 g/mol. The fraction of sp³-hybridized carbons (Fsp3) is 0.333. The number of carboxylic acids is 1. The molecular formula is C21H23NO5. The van der Waals surface area contributed by atoms with E-state index < -0.39 is 12.1 Å². The van der Waals surface area contributed by atoms with Crippen molar-refractivity contribution in [1.29, 1.82) is 0 Å². The van der Waals surface area contributed by atoms with Crippen LogP contribution in [0.2, 0.25) is 0 Å². The Morgan fingerprint density at radius 2 is 1.85 bits per heavy atom. The van der Waals surface area contributed by atoms with Gasteiger partial charge in [-0.05, 0) is 35.6 Å². The molecule has 2 aromatic carbocycles. The predicted molar refractivity (Wildman–Crippen MR) is 99.5 cm³/mol. The van der Waals surface area contributed by atoms with E-state index in [0.29, 0.717) is 6.61 Å². The van der Waals surface area contributed by atoms with Crippen LogP contribution in [0, 0.1) is 5.92 Å². The molecule has 0 spiro atoms. The summed E-state index contributed by atoms with van der Waals surface area (Å²) in [6, 6.07) is 17.7. The van der Waals surface area contributed by atoms with Crippen LogP contribution in [-0.2, 0) is 20.9 Å². The number of methoxy groups -OCH3 is 1. The van der Waals surface area contributed by atoms with Gasteiger partial charge in [0.15, 0.2) is 6.10 Å². The maximum absolute atomic E-state index is 12.2. The molecule has 1 aliphatic carbocycles. The normalized spacial score (nSPS) is 19.1. The number of carbonyl (C=O) groups excluding carboxylic acids is 1. The number of carboxylic acid groups (broad SMARTS) is 1. The van der Waals surface area contributed by atoms with Crippen molar-refractivity contribution >= 4 is 11.9 Å². The third kappa shape index (κ3) is 5.08. The van der Waals surface area contributed by atoms with E-state index in [1.807, 2.05) is 54.6 Å². The molecule has 1 amide bonds. The fourth-order valence-corrected chi connectivity index (χ4v) is 3.00. The molecular weight excluding hydrogens is 346 g/mol. The third-order valence-corrected chi connectivity index (χ3v) is 4.71. The maximum Gasteiger partial charge on any atom is 0.334 e. The van der Waals surface area contributed by atoms with E-state index in [9.17, 15) is 9.59 Å². The molecule has 0 aromatic heterocycles. The standard InChI is InChI=1S/C21H23NO5/c1-26-19(21(24)25)12-22-20(23)18-11-17(18)15-7-9-16(10-8-15)27-13-14-5-3-2-4-6-14/h2-10,17-19H,11-13H2,1H3,(H,22,23)(H,24,25). The van der Waals surface area contributed by atoms with E-state index in [0.717, 1.165) is 23.3 Å². The molecule has 0 bridgehead atoms. The topological polar surface area (TPSA) is 84.9 Å². The van der Waals surface area contributed by atoms with Gasteiger partial charge in [-0.25, -0.2) is 4.79 Å². The largest absolute Gasteiger partial charge is 0.489 e. The lowest BCUT2D eigenvalue weighted by atomic mass is 10.1. The van der Waals surface area contributed by atoms with Crippen molar-refractivity contribution in [2.75, 3.05) is 13.7 Å². The van der Waals surface area contributed by atoms with Crippen molar-refractivity contribution in [3.63, 3.8) is 0 Å². The monoisotopic (exact) mass is 369 g/mol. The van der Waals surface area contributed by atoms with Gasteiger partial charge < -0.3 is 19.9 Å². The number of rotatable bonds is 9. The average Bonchev–Trinajstić information content (AvgIpc) is 3.48. The minimum Gasteiger partial charge on any atom is -0.489 e. The Morgan fingerprint density at radius 3 is 2.48 bits per heavy atom. The Hall–Kier alpha value is -2.86. The summed E-state index contributed by atoms with van der Waals surface area (Å²) in [7, 11) is 1.31. The number of aliphatic carboxylic acids is 1. The number of carbonyl (C=O) groups is 2. The van der Waals surface area contributed by atoms with Crippen LogP contribution >= 0.6 is 0 Å². The first-order valence-corrected chi connectivity index (χ1v) is 8.88. The van der Waals surface area contributed by atoms with E-state index in [2.05, 4.69) is 5.32 Å². The SMILES string of the molecule is COC(CNC(=O)C1CC1c1ccc(OCc2ccccc2)cc1)C(=O)O. The molecule has 1 aliphatic rings. The van der Waals surface area contributed by atoms with Crippen LogP contribution in [-0.4, -0.2) is 36.7 Å². The van der Waals surface area contributed by atoms with Gasteiger partial charge in [-0.3, -0.25) is 4.79 Å². The van der Waals surface area contributed by atoms with Gasteiger partial charge in [0.1, 0.15) is 12.4 Å². The maximum atomic E-state index is 12.2. The summed E-state index contributed by atoms with van der Waals surface area (Å²) in [5.41, 5.74) is 2.19. The second kappa shape index (κ2) is 8.68. The molecule has 2 aromatic rings. The van der Waals surface area contributed by atoms with Crippen LogP contribution in [0.5, 0.6) is 5.75 Å². The Balaban J connectivity index is 1.47. The number of hydrogen-bond donors (Lipinski definition) is 2. The highest BCUT2D eigenvalue weighted by Gasteiger charge is 2.44. The smallest absolute Gasteiger partial charge is 0.334 e. The summed E-state index contributed by atoms with van der Waals surface area (Å²) in [5, 5.41) is 11.6. The molecule has 0 radical (unpaired) electrons. The minimum atomic E-state index is -1.09. The molecule has 0 saturated heterocycles. The van der Waals surface area contributed by atoms with Gasteiger partial charge >= 0.3 is 5.97 Å². The Kier molecular flexibility index (Phi) is 6.08. The molecule has 0 aliphatic heterocycles. The number of hydrogen-bond acceptors (Lipinski definition) is 4. The van der Waals surface area contributed by atoms with Gasteiger partial charge in [-0.1, -0.05) is 42.5 Å². The van der Waals surface area contributed by atoms with E-state index in [4.69, 9.17) is 14.6 Å². The molecule has 2 N–H and O–H groups in total. The summed E-state index contributed by atoms with van der Waals surface area (Å²) in [4.78, 5) is 23.1. The summed E-state index contributed by atoms with van der Waals surface area (Å²) in [5.74, 6) is -0.385. The van der Waals surface area contributed by atoms with Crippen molar-refractivity contribution in [2.24, 2.45) is 5.92 Å². The Morgan fingerprint density at radius 1 is 1.15 bits per heavy atom. The van der Waals surface area contributed by atoms with Gasteiger partial charge in [-0.15, -0.1) is 0 Å². The summed E-state index contributed by atoms with van der Waals surface area (Å²) in [6.07, 6.45) is -0.256. The fourth-order valence-electron chi connectivity index (χ4n) is 3.00. The van der Waals surface area contributed by atoms with E-state index in [1.54, 1.807) is 0 Å². The molecule has 27 heavy (non-hydrogen) atoms. The lowest BCUT2D eigenvalue weighted by Gasteiger charge is -2.11. The molecule has 3 atom stereocenters. The zero-order valence-electron chi connectivity index (χ0n) is 15.1. The van der Waals surface area contributed by atoms with Crippen LogP contribution in [0.15, 0.2) is 54.6 Å². The first-order chi connectivity index (χ1) is 13.1. The van der Waals surface area contributed by atoms with Gasteiger partial charge in [0.25, 0.3) is 0 Å². The summed E-state index contributed by atoms with van der Waals surface area (Å²) >= 11 is 0. The molecule has 3 unspecified atom stereocenters. The lowest BCUT2D eigenvalue weighted by molar-refractivity contribution is -0.148. The summed E-state index contributed by atoms with van der Waals surface area (Å²) in [6.45, 7) is 0.485. The number of benzene rings is 2. The first-order valence-electron chi connectivity index (χ1n) is 8.88. The summed E-state index contributed by atoms with van der Waals surface area (Å²) < 4.78 is 10.6. The van der Waals surface area contributed by atoms with E-state index in [-0.39, 0.29) is 24.3 Å². The van der Waals surface area contributed by atoms with Crippen molar-refractivity contribution in [2.45, 2.75) is 25.0 Å². The zero-order chi connectivity index (χ0) is 19.2. The van der Waals surface area contributed by atoms with E-state index >= 15 is 0 Å². The molecule has 1 fully saturated rings. The molecule has 1 saturated carbocycles. The molecule has 142 valence electrons. The molecule has 3 rings (SSSR count). The second-order valence-electron chi connectivity index (χ2n) is 6.60. The quantitative estimate of drug-likeness (QED) is 0.710. The predicted octanol–water partition coefficient (Wildman–Crippen LogP) is 2.58. The first kappa shape index (κ1) is 18.9. The van der Waals surface area contributed by atoms with E-state index in [1.165, 1.54) is 7.11 Å². The number of amides is 1. The molecule has 6 nitrogen and oxygen atoms in total. The second-order valence-corrected chi connectivity index (χ2v) is 6.60. The molecule has 6 heteroatoms. The highest BCUT2D eigenvalue weighted by molar-refractivity contribution is 5.83. The van der Waals surface area contributed by atoms with Crippen molar-refractivity contribution in [3.8, 4) is 5.75 Å². The highest BCUT2D eigenvalue weighted by Crippen LogP contribution is 2.47. The third-order valence-electron chi connectivity index (χ3n) is 4.71. The van der Waals surface area contributed by atoms with Gasteiger partial charge in [0.05, 0.1) is 6.54 Å².